The van der Waals surface area contributed by atoms with Gasteiger partial charge in [0.1, 0.15) is 0 Å². The summed E-state index contributed by atoms with van der Waals surface area (Å²) in [5, 5.41) is 3.05. The normalized spacial score (nSPS) is 20.5. The lowest BCUT2D eigenvalue weighted by Crippen LogP contribution is -2.21. The molecule has 0 amide bonds. The van der Waals surface area contributed by atoms with Crippen molar-refractivity contribution in [3.05, 3.63) is 35.7 Å². The Labute approximate surface area is 82.7 Å². The number of rotatable bonds is 1. The van der Waals surface area contributed by atoms with Crippen molar-refractivity contribution in [3.63, 3.8) is 0 Å². The second-order valence-electron chi connectivity index (χ2n) is 3.38. The van der Waals surface area contributed by atoms with Gasteiger partial charge in [-0.3, -0.25) is 4.90 Å². The fourth-order valence-electron chi connectivity index (χ4n) is 1.25. The molecule has 0 spiro atoms. The summed E-state index contributed by atoms with van der Waals surface area (Å²) in [6.07, 6.45) is 4.05. The zero-order valence-electron chi connectivity index (χ0n) is 7.82. The van der Waals surface area contributed by atoms with Gasteiger partial charge in [0.15, 0.2) is 5.17 Å². The van der Waals surface area contributed by atoms with Crippen molar-refractivity contribution in [2.75, 3.05) is 0 Å². The lowest BCUT2D eigenvalue weighted by atomic mass is 10.1. The highest BCUT2D eigenvalue weighted by atomic mass is 32.2. The number of amidine groups is 1. The molecule has 0 aromatic carbocycles. The molecule has 0 bridgehead atoms. The molecule has 0 N–H and O–H groups in total. The Hall–Kier alpha value is -0.960. The molecule has 2 aliphatic rings. The van der Waals surface area contributed by atoms with E-state index in [1.54, 1.807) is 11.8 Å². The lowest BCUT2D eigenvalue weighted by Gasteiger charge is -2.23. The Morgan fingerprint density at radius 2 is 2.31 bits per heavy atom. The van der Waals surface area contributed by atoms with Crippen molar-refractivity contribution in [2.24, 2.45) is 10.9 Å². The molecule has 0 aliphatic carbocycles. The van der Waals surface area contributed by atoms with Crippen LogP contribution in [0.3, 0.4) is 0 Å². The Morgan fingerprint density at radius 1 is 1.54 bits per heavy atom. The third-order valence-corrected chi connectivity index (χ3v) is 2.79. The van der Waals surface area contributed by atoms with E-state index < -0.39 is 0 Å². The van der Waals surface area contributed by atoms with E-state index in [4.69, 9.17) is 0 Å². The second-order valence-corrected chi connectivity index (χ2v) is 4.26. The Kier molecular flexibility index (Phi) is 2.04. The summed E-state index contributed by atoms with van der Waals surface area (Å²) in [6, 6.07) is 0. The molecule has 68 valence electrons. The van der Waals surface area contributed by atoms with E-state index in [0.29, 0.717) is 5.92 Å². The number of hydrogen-bond donors (Lipinski definition) is 0. The summed E-state index contributed by atoms with van der Waals surface area (Å²) in [5.41, 5.74) is 2.13. The molecule has 0 aromatic rings. The maximum atomic E-state index is 4.54. The molecular weight excluding hydrogens is 180 g/mol. The van der Waals surface area contributed by atoms with Gasteiger partial charge in [-0.15, -0.1) is 0 Å². The number of hydrogen-bond acceptors (Lipinski definition) is 3. The van der Waals surface area contributed by atoms with Gasteiger partial charge in [-0.25, -0.2) is 4.99 Å². The molecule has 2 nitrogen and oxygen atoms in total. The number of thioether (sulfide) groups is 1. The molecular formula is C10H12N2S. The van der Waals surface area contributed by atoms with Crippen molar-refractivity contribution in [1.82, 2.24) is 4.90 Å². The SMILES string of the molecule is C=C1C=C(C(C)C)N=C2SC=CN12. The van der Waals surface area contributed by atoms with Gasteiger partial charge in [-0.1, -0.05) is 32.2 Å². The first kappa shape index (κ1) is 8.63. The third-order valence-electron chi connectivity index (χ3n) is 2.03. The van der Waals surface area contributed by atoms with Crippen LogP contribution >= 0.6 is 11.8 Å². The predicted octanol–water partition coefficient (Wildman–Crippen LogP) is 2.93. The van der Waals surface area contributed by atoms with Crippen molar-refractivity contribution < 1.29 is 0 Å². The molecule has 0 saturated carbocycles. The van der Waals surface area contributed by atoms with Crippen molar-refractivity contribution in [1.29, 1.82) is 0 Å². The summed E-state index contributed by atoms with van der Waals surface area (Å²) < 4.78 is 0. The quantitative estimate of drug-likeness (QED) is 0.634. The van der Waals surface area contributed by atoms with Gasteiger partial charge in [-0.05, 0) is 17.4 Å². The van der Waals surface area contributed by atoms with Gasteiger partial charge < -0.3 is 0 Å². The molecule has 0 saturated heterocycles. The van der Waals surface area contributed by atoms with E-state index in [-0.39, 0.29) is 0 Å². The highest BCUT2D eigenvalue weighted by Crippen LogP contribution is 2.30. The van der Waals surface area contributed by atoms with Gasteiger partial charge in [0.2, 0.25) is 0 Å². The van der Waals surface area contributed by atoms with E-state index in [0.717, 1.165) is 16.6 Å². The van der Waals surface area contributed by atoms with Crippen molar-refractivity contribution in [2.45, 2.75) is 13.8 Å². The molecule has 0 fully saturated rings. The summed E-state index contributed by atoms with van der Waals surface area (Å²) in [5.74, 6) is 0.465. The first-order valence-corrected chi connectivity index (χ1v) is 5.18. The van der Waals surface area contributed by atoms with Crippen LogP contribution in [-0.4, -0.2) is 10.1 Å². The Morgan fingerprint density at radius 3 is 3.00 bits per heavy atom. The number of fused-ring (bicyclic) bond motifs is 1. The van der Waals surface area contributed by atoms with E-state index >= 15 is 0 Å². The van der Waals surface area contributed by atoms with Crippen LogP contribution in [0.5, 0.6) is 0 Å². The second kappa shape index (κ2) is 3.07. The molecule has 13 heavy (non-hydrogen) atoms. The maximum Gasteiger partial charge on any atom is 0.177 e. The van der Waals surface area contributed by atoms with E-state index in [2.05, 4.69) is 25.4 Å². The third kappa shape index (κ3) is 1.44. The zero-order valence-corrected chi connectivity index (χ0v) is 8.64. The first-order chi connectivity index (χ1) is 6.18. The molecule has 2 rings (SSSR count). The summed E-state index contributed by atoms with van der Waals surface area (Å²) in [7, 11) is 0. The molecule has 3 heteroatoms. The summed E-state index contributed by atoms with van der Waals surface area (Å²) in [4.78, 5) is 6.55. The molecule has 2 heterocycles. The minimum Gasteiger partial charge on any atom is -0.296 e. The summed E-state index contributed by atoms with van der Waals surface area (Å²) >= 11 is 1.64. The van der Waals surface area contributed by atoms with Crippen LogP contribution in [0.1, 0.15) is 13.8 Å². The fourth-order valence-corrected chi connectivity index (χ4v) is 2.00. The van der Waals surface area contributed by atoms with Gasteiger partial charge in [0.25, 0.3) is 0 Å². The van der Waals surface area contributed by atoms with Crippen LogP contribution in [0.25, 0.3) is 0 Å². The summed E-state index contributed by atoms with van der Waals surface area (Å²) in [6.45, 7) is 8.28. The molecule has 2 aliphatic heterocycles. The zero-order chi connectivity index (χ0) is 9.42. The fraction of sp³-hybridized carbons (Fsp3) is 0.300. The molecule has 0 unspecified atom stereocenters. The average molecular weight is 192 g/mol. The minimum atomic E-state index is 0.465. The minimum absolute atomic E-state index is 0.465. The van der Waals surface area contributed by atoms with Gasteiger partial charge >= 0.3 is 0 Å². The number of allylic oxidation sites excluding steroid dienone is 2. The number of nitrogens with zero attached hydrogens (tertiary/aromatic N) is 2. The van der Waals surface area contributed by atoms with Crippen LogP contribution in [0.15, 0.2) is 40.6 Å². The van der Waals surface area contributed by atoms with Crippen molar-refractivity contribution >= 4 is 16.9 Å². The van der Waals surface area contributed by atoms with E-state index in [1.165, 1.54) is 0 Å². The van der Waals surface area contributed by atoms with Crippen LogP contribution in [-0.2, 0) is 0 Å². The Balaban J connectivity index is 2.33. The lowest BCUT2D eigenvalue weighted by molar-refractivity contribution is 0.684. The van der Waals surface area contributed by atoms with Crippen molar-refractivity contribution in [3.8, 4) is 0 Å². The maximum absolute atomic E-state index is 4.54. The van der Waals surface area contributed by atoms with E-state index in [1.807, 2.05) is 22.6 Å². The Bertz CT molecular complexity index is 337. The predicted molar refractivity (Wildman–Crippen MR) is 58.1 cm³/mol. The first-order valence-electron chi connectivity index (χ1n) is 4.30. The monoisotopic (exact) mass is 192 g/mol. The highest BCUT2D eigenvalue weighted by molar-refractivity contribution is 8.16. The van der Waals surface area contributed by atoms with Gasteiger partial charge in [0, 0.05) is 17.6 Å². The topological polar surface area (TPSA) is 15.6 Å². The number of aliphatic imine (C=N–C) groups is 1. The van der Waals surface area contributed by atoms with Gasteiger partial charge in [0.05, 0.1) is 0 Å². The average Bonchev–Trinajstić information content (AvgIpc) is 2.51. The smallest absolute Gasteiger partial charge is 0.177 e. The van der Waals surface area contributed by atoms with Crippen LogP contribution in [0, 0.1) is 5.92 Å². The van der Waals surface area contributed by atoms with Crippen LogP contribution in [0.2, 0.25) is 0 Å². The van der Waals surface area contributed by atoms with Crippen LogP contribution in [0.4, 0.5) is 0 Å². The molecule has 0 radical (unpaired) electrons. The van der Waals surface area contributed by atoms with Crippen LogP contribution < -0.4 is 0 Å². The molecule has 0 atom stereocenters. The van der Waals surface area contributed by atoms with E-state index in [9.17, 15) is 0 Å². The highest BCUT2D eigenvalue weighted by Gasteiger charge is 2.21. The standard InChI is InChI=1S/C10H12N2S/c1-7(2)9-6-8(3)12-4-5-13-10(12)11-9/h4-7H,3H2,1-2H3. The largest absolute Gasteiger partial charge is 0.296 e. The molecule has 0 aromatic heterocycles. The van der Waals surface area contributed by atoms with Gasteiger partial charge in [-0.2, -0.15) is 0 Å².